The number of hydrogen-bond acceptors (Lipinski definition) is 1. The zero-order chi connectivity index (χ0) is 6.15. The molecule has 0 heterocycles. The Morgan fingerprint density at radius 3 is 1.62 bits per heavy atom. The van der Waals surface area contributed by atoms with Gasteiger partial charge in [-0.15, -0.1) is 0 Å². The van der Waals surface area contributed by atoms with Gasteiger partial charge in [-0.2, -0.15) is 12.6 Å². The molecule has 1 fully saturated rings. The molecule has 1 heteroatoms. The monoisotopic (exact) mass is 130 g/mol. The molecule has 0 bridgehead atoms. The van der Waals surface area contributed by atoms with Crippen LogP contribution in [0.15, 0.2) is 0 Å². The average Bonchev–Trinajstić information content (AvgIpc) is 1.85. The molecule has 0 amide bonds. The van der Waals surface area contributed by atoms with E-state index in [1.54, 1.807) is 0 Å². The molecule has 0 nitrogen and oxygen atoms in total. The van der Waals surface area contributed by atoms with Gasteiger partial charge < -0.3 is 0 Å². The van der Waals surface area contributed by atoms with Crippen LogP contribution in [0.2, 0.25) is 0 Å². The minimum atomic E-state index is 0.694. The van der Waals surface area contributed by atoms with Crippen LogP contribution in [-0.2, 0) is 0 Å². The molecule has 1 rings (SSSR count). The van der Waals surface area contributed by atoms with Crippen molar-refractivity contribution in [3.8, 4) is 0 Å². The first-order valence-electron chi connectivity index (χ1n) is 3.38. The zero-order valence-corrected chi connectivity index (χ0v) is 6.49. The van der Waals surface area contributed by atoms with Gasteiger partial charge in [0.1, 0.15) is 0 Å². The number of hydrogen-bond donors (Lipinski definition) is 1. The van der Waals surface area contributed by atoms with Crippen LogP contribution >= 0.6 is 12.6 Å². The van der Waals surface area contributed by atoms with E-state index in [4.69, 9.17) is 0 Å². The van der Waals surface area contributed by atoms with Gasteiger partial charge in [-0.3, -0.25) is 0 Å². The van der Waals surface area contributed by atoms with E-state index < -0.39 is 0 Å². The molecule has 0 saturated heterocycles. The Balaban J connectivity index is 2.39. The van der Waals surface area contributed by atoms with Crippen molar-refractivity contribution in [2.75, 3.05) is 0 Å². The van der Waals surface area contributed by atoms with Gasteiger partial charge >= 0.3 is 0 Å². The van der Waals surface area contributed by atoms with E-state index in [1.807, 2.05) is 0 Å². The Hall–Kier alpha value is 0.350. The molecule has 8 heavy (non-hydrogen) atoms. The molecule has 48 valence electrons. The quantitative estimate of drug-likeness (QED) is 0.478. The first-order chi connectivity index (χ1) is 3.70. The number of thiol groups is 1. The predicted octanol–water partition coefficient (Wildman–Crippen LogP) is 2.35. The highest BCUT2D eigenvalue weighted by Crippen LogP contribution is 2.33. The van der Waals surface area contributed by atoms with E-state index >= 15 is 0 Å². The lowest BCUT2D eigenvalue weighted by Gasteiger charge is -2.04. The number of rotatable bonds is 0. The van der Waals surface area contributed by atoms with Crippen molar-refractivity contribution in [2.24, 2.45) is 11.8 Å². The lowest BCUT2D eigenvalue weighted by molar-refractivity contribution is 0.457. The van der Waals surface area contributed by atoms with Gasteiger partial charge in [0.25, 0.3) is 0 Å². The van der Waals surface area contributed by atoms with Crippen LogP contribution in [0.5, 0.6) is 0 Å². The van der Waals surface area contributed by atoms with Crippen LogP contribution < -0.4 is 0 Å². The van der Waals surface area contributed by atoms with Crippen molar-refractivity contribution >= 4 is 12.6 Å². The minimum Gasteiger partial charge on any atom is -0.176 e. The van der Waals surface area contributed by atoms with Crippen LogP contribution in [-0.4, -0.2) is 5.25 Å². The highest BCUT2D eigenvalue weighted by atomic mass is 32.1. The summed E-state index contributed by atoms with van der Waals surface area (Å²) in [5.74, 6) is 1.83. The summed E-state index contributed by atoms with van der Waals surface area (Å²) in [6, 6.07) is 0. The lowest BCUT2D eigenvalue weighted by atomic mass is 10.0. The third-order valence-corrected chi connectivity index (χ3v) is 2.68. The molecular formula is C7H14S. The van der Waals surface area contributed by atoms with Crippen molar-refractivity contribution in [1.29, 1.82) is 0 Å². The lowest BCUT2D eigenvalue weighted by Crippen LogP contribution is -1.95. The Bertz CT molecular complexity index is 70.5. The molecule has 0 aromatic rings. The van der Waals surface area contributed by atoms with E-state index in [0.29, 0.717) is 5.25 Å². The third-order valence-electron chi connectivity index (χ3n) is 2.26. The molecule has 1 aliphatic rings. The van der Waals surface area contributed by atoms with E-state index in [-0.39, 0.29) is 0 Å². The van der Waals surface area contributed by atoms with Crippen LogP contribution in [0.4, 0.5) is 0 Å². The summed E-state index contributed by atoms with van der Waals surface area (Å²) in [5, 5.41) is 0.694. The summed E-state index contributed by atoms with van der Waals surface area (Å²) in [4.78, 5) is 0. The van der Waals surface area contributed by atoms with Crippen LogP contribution in [0.3, 0.4) is 0 Å². The standard InChI is InChI=1S/C7H14S/c1-5-3-7(8)4-6(5)2/h5-8H,3-4H2,1-2H3. The fourth-order valence-corrected chi connectivity index (χ4v) is 2.08. The van der Waals surface area contributed by atoms with Gasteiger partial charge in [0.05, 0.1) is 0 Å². The van der Waals surface area contributed by atoms with E-state index in [2.05, 4.69) is 26.5 Å². The third kappa shape index (κ3) is 1.19. The first-order valence-corrected chi connectivity index (χ1v) is 3.90. The molecule has 0 radical (unpaired) electrons. The maximum absolute atomic E-state index is 4.41. The fraction of sp³-hybridized carbons (Fsp3) is 1.00. The van der Waals surface area contributed by atoms with E-state index in [9.17, 15) is 0 Å². The summed E-state index contributed by atoms with van der Waals surface area (Å²) in [7, 11) is 0. The van der Waals surface area contributed by atoms with Gasteiger partial charge in [0, 0.05) is 5.25 Å². The van der Waals surface area contributed by atoms with Crippen molar-refractivity contribution in [3.63, 3.8) is 0 Å². The van der Waals surface area contributed by atoms with Crippen molar-refractivity contribution in [3.05, 3.63) is 0 Å². The van der Waals surface area contributed by atoms with E-state index in [0.717, 1.165) is 11.8 Å². The zero-order valence-electron chi connectivity index (χ0n) is 5.59. The second-order valence-electron chi connectivity index (χ2n) is 3.08. The van der Waals surface area contributed by atoms with Gasteiger partial charge in [-0.05, 0) is 24.7 Å². The van der Waals surface area contributed by atoms with Gasteiger partial charge in [0.15, 0.2) is 0 Å². The van der Waals surface area contributed by atoms with Gasteiger partial charge in [-0.1, -0.05) is 13.8 Å². The van der Waals surface area contributed by atoms with Gasteiger partial charge in [-0.25, -0.2) is 0 Å². The average molecular weight is 130 g/mol. The van der Waals surface area contributed by atoms with Crippen molar-refractivity contribution in [2.45, 2.75) is 31.9 Å². The van der Waals surface area contributed by atoms with Crippen LogP contribution in [0.25, 0.3) is 0 Å². The molecule has 1 saturated carbocycles. The maximum atomic E-state index is 4.41. The Morgan fingerprint density at radius 1 is 1.12 bits per heavy atom. The van der Waals surface area contributed by atoms with Crippen molar-refractivity contribution in [1.82, 2.24) is 0 Å². The fourth-order valence-electron chi connectivity index (χ4n) is 1.42. The Morgan fingerprint density at radius 2 is 1.50 bits per heavy atom. The second kappa shape index (κ2) is 2.30. The SMILES string of the molecule is CC1CC(S)CC1C. The first kappa shape index (κ1) is 6.47. The summed E-state index contributed by atoms with van der Waals surface area (Å²) < 4.78 is 0. The largest absolute Gasteiger partial charge is 0.176 e. The molecule has 0 aromatic carbocycles. The Kier molecular flexibility index (Phi) is 1.86. The normalized spacial score (nSPS) is 47.6. The topological polar surface area (TPSA) is 0 Å². The summed E-state index contributed by atoms with van der Waals surface area (Å²) in [5.41, 5.74) is 0. The smallest absolute Gasteiger partial charge is 0.00220 e. The molecular weight excluding hydrogens is 116 g/mol. The molecule has 1 aliphatic carbocycles. The highest BCUT2D eigenvalue weighted by molar-refractivity contribution is 7.80. The predicted molar refractivity (Wildman–Crippen MR) is 40.3 cm³/mol. The summed E-state index contributed by atoms with van der Waals surface area (Å²) in [6.07, 6.45) is 2.65. The van der Waals surface area contributed by atoms with Crippen molar-refractivity contribution < 1.29 is 0 Å². The van der Waals surface area contributed by atoms with Crippen LogP contribution in [0, 0.1) is 11.8 Å². The molecule has 0 aliphatic heterocycles. The van der Waals surface area contributed by atoms with Crippen LogP contribution in [0.1, 0.15) is 26.7 Å². The highest BCUT2D eigenvalue weighted by Gasteiger charge is 2.24. The summed E-state index contributed by atoms with van der Waals surface area (Å²) >= 11 is 4.41. The molecule has 0 N–H and O–H groups in total. The maximum Gasteiger partial charge on any atom is 0.00220 e. The molecule has 0 spiro atoms. The molecule has 0 aromatic heterocycles. The molecule has 2 atom stereocenters. The Labute approximate surface area is 57.1 Å². The second-order valence-corrected chi connectivity index (χ2v) is 3.81. The minimum absolute atomic E-state index is 0.694. The summed E-state index contributed by atoms with van der Waals surface area (Å²) in [6.45, 7) is 4.64. The van der Waals surface area contributed by atoms with E-state index in [1.165, 1.54) is 12.8 Å². The van der Waals surface area contributed by atoms with Gasteiger partial charge in [0.2, 0.25) is 0 Å². The molecule has 2 unspecified atom stereocenters.